The first-order chi connectivity index (χ1) is 6.28. The second kappa shape index (κ2) is 4.20. The molecule has 2 aliphatic rings. The van der Waals surface area contributed by atoms with Gasteiger partial charge < -0.3 is 10.4 Å². The molecule has 2 nitrogen and oxygen atoms in total. The first kappa shape index (κ1) is 9.81. The van der Waals surface area contributed by atoms with Gasteiger partial charge in [-0.2, -0.15) is 11.8 Å². The number of thioether (sulfide) groups is 1. The molecule has 0 bridgehead atoms. The number of nitrogens with one attached hydrogen (secondary N) is 1. The summed E-state index contributed by atoms with van der Waals surface area (Å²) in [5.41, 5.74) is 0. The zero-order chi connectivity index (χ0) is 9.26. The molecule has 0 aromatic heterocycles. The molecule has 2 rings (SSSR count). The molecule has 2 fully saturated rings. The molecule has 2 unspecified atom stereocenters. The van der Waals surface area contributed by atoms with Gasteiger partial charge in [0.25, 0.3) is 0 Å². The molecule has 1 saturated carbocycles. The van der Waals surface area contributed by atoms with Crippen LogP contribution in [0.3, 0.4) is 0 Å². The minimum absolute atomic E-state index is 0.383. The van der Waals surface area contributed by atoms with Crippen molar-refractivity contribution in [2.24, 2.45) is 5.92 Å². The van der Waals surface area contributed by atoms with Gasteiger partial charge in [-0.15, -0.1) is 0 Å². The summed E-state index contributed by atoms with van der Waals surface area (Å²) < 4.78 is 0. The molecule has 1 heterocycles. The van der Waals surface area contributed by atoms with Gasteiger partial charge in [0, 0.05) is 29.7 Å². The molecule has 0 aromatic carbocycles. The van der Waals surface area contributed by atoms with E-state index >= 15 is 0 Å². The van der Waals surface area contributed by atoms with E-state index in [4.69, 9.17) is 5.11 Å². The van der Waals surface area contributed by atoms with Crippen LogP contribution in [0.25, 0.3) is 0 Å². The van der Waals surface area contributed by atoms with Crippen molar-refractivity contribution in [3.8, 4) is 0 Å². The van der Waals surface area contributed by atoms with E-state index in [1.54, 1.807) is 0 Å². The summed E-state index contributed by atoms with van der Waals surface area (Å²) in [4.78, 5) is 0. The van der Waals surface area contributed by atoms with Gasteiger partial charge in [0.2, 0.25) is 0 Å². The Morgan fingerprint density at radius 2 is 2.08 bits per heavy atom. The molecule has 76 valence electrons. The van der Waals surface area contributed by atoms with Gasteiger partial charge >= 0.3 is 0 Å². The van der Waals surface area contributed by atoms with Crippen LogP contribution >= 0.6 is 11.8 Å². The van der Waals surface area contributed by atoms with Gasteiger partial charge in [-0.3, -0.25) is 0 Å². The highest BCUT2D eigenvalue weighted by atomic mass is 32.2. The average Bonchev–Trinajstić information content (AvgIpc) is 2.43. The van der Waals surface area contributed by atoms with Crippen molar-refractivity contribution in [3.05, 3.63) is 0 Å². The Balaban J connectivity index is 1.64. The first-order valence-corrected chi connectivity index (χ1v) is 6.31. The molecular formula is C10H19NOS. The monoisotopic (exact) mass is 201 g/mol. The van der Waals surface area contributed by atoms with Crippen LogP contribution in [0.4, 0.5) is 0 Å². The lowest BCUT2D eigenvalue weighted by Crippen LogP contribution is -2.47. The SMILES string of the molecule is CC1CC(NC2CC(CO)C2)CS1. The Labute approximate surface area is 84.5 Å². The fraction of sp³-hybridized carbons (Fsp3) is 1.00. The van der Waals surface area contributed by atoms with Gasteiger partial charge in [0.05, 0.1) is 0 Å². The molecule has 0 radical (unpaired) electrons. The van der Waals surface area contributed by atoms with Crippen molar-refractivity contribution < 1.29 is 5.11 Å². The first-order valence-electron chi connectivity index (χ1n) is 5.26. The molecule has 1 aliphatic heterocycles. The van der Waals surface area contributed by atoms with Crippen molar-refractivity contribution >= 4 is 11.8 Å². The van der Waals surface area contributed by atoms with E-state index in [-0.39, 0.29) is 0 Å². The topological polar surface area (TPSA) is 32.3 Å². The van der Waals surface area contributed by atoms with Crippen LogP contribution in [-0.4, -0.2) is 34.8 Å². The summed E-state index contributed by atoms with van der Waals surface area (Å²) >= 11 is 2.08. The molecule has 0 spiro atoms. The summed E-state index contributed by atoms with van der Waals surface area (Å²) in [7, 11) is 0. The van der Waals surface area contributed by atoms with E-state index in [1.807, 2.05) is 0 Å². The third kappa shape index (κ3) is 2.39. The van der Waals surface area contributed by atoms with E-state index in [0.29, 0.717) is 18.6 Å². The summed E-state index contributed by atoms with van der Waals surface area (Å²) in [6.45, 7) is 2.69. The Morgan fingerprint density at radius 3 is 2.62 bits per heavy atom. The maximum Gasteiger partial charge on any atom is 0.0460 e. The van der Waals surface area contributed by atoms with Crippen molar-refractivity contribution in [1.82, 2.24) is 5.32 Å². The van der Waals surface area contributed by atoms with Crippen molar-refractivity contribution in [3.63, 3.8) is 0 Å². The minimum Gasteiger partial charge on any atom is -0.396 e. The Morgan fingerprint density at radius 1 is 1.31 bits per heavy atom. The molecule has 0 amide bonds. The summed E-state index contributed by atoms with van der Waals surface area (Å²) in [5.74, 6) is 1.87. The quantitative estimate of drug-likeness (QED) is 0.720. The van der Waals surface area contributed by atoms with Gasteiger partial charge in [-0.25, -0.2) is 0 Å². The maximum absolute atomic E-state index is 8.87. The number of rotatable bonds is 3. The van der Waals surface area contributed by atoms with Crippen LogP contribution in [0.15, 0.2) is 0 Å². The van der Waals surface area contributed by atoms with Crippen LogP contribution in [-0.2, 0) is 0 Å². The van der Waals surface area contributed by atoms with E-state index in [2.05, 4.69) is 24.0 Å². The molecule has 13 heavy (non-hydrogen) atoms. The molecule has 2 atom stereocenters. The minimum atomic E-state index is 0.383. The Hall–Kier alpha value is 0.270. The number of aliphatic hydroxyl groups is 1. The Bertz CT molecular complexity index is 170. The summed E-state index contributed by atoms with van der Waals surface area (Å²) in [6.07, 6.45) is 3.70. The van der Waals surface area contributed by atoms with Crippen LogP contribution in [0.2, 0.25) is 0 Å². The van der Waals surface area contributed by atoms with Crippen LogP contribution in [0, 0.1) is 5.92 Å². The van der Waals surface area contributed by atoms with Gasteiger partial charge in [-0.05, 0) is 25.2 Å². The normalized spacial score (nSPS) is 44.8. The summed E-state index contributed by atoms with van der Waals surface area (Å²) in [6, 6.07) is 1.44. The average molecular weight is 201 g/mol. The fourth-order valence-corrected chi connectivity index (χ4v) is 3.45. The van der Waals surface area contributed by atoms with E-state index < -0.39 is 0 Å². The third-order valence-corrected chi connectivity index (χ3v) is 4.52. The molecule has 3 heteroatoms. The molecule has 1 saturated heterocycles. The molecule has 0 aromatic rings. The van der Waals surface area contributed by atoms with Gasteiger partial charge in [0.1, 0.15) is 0 Å². The summed E-state index contributed by atoms with van der Waals surface area (Å²) in [5, 5.41) is 13.4. The predicted molar refractivity (Wildman–Crippen MR) is 57.1 cm³/mol. The lowest BCUT2D eigenvalue weighted by molar-refractivity contribution is 0.122. The van der Waals surface area contributed by atoms with Crippen molar-refractivity contribution in [1.29, 1.82) is 0 Å². The highest BCUT2D eigenvalue weighted by Gasteiger charge is 2.31. The third-order valence-electron chi connectivity index (χ3n) is 3.16. The van der Waals surface area contributed by atoms with E-state index in [0.717, 1.165) is 11.3 Å². The highest BCUT2D eigenvalue weighted by Crippen LogP contribution is 2.31. The highest BCUT2D eigenvalue weighted by molar-refractivity contribution is 8.00. The smallest absolute Gasteiger partial charge is 0.0460 e. The van der Waals surface area contributed by atoms with Crippen LogP contribution in [0.5, 0.6) is 0 Å². The number of aliphatic hydroxyl groups excluding tert-OH is 1. The lowest BCUT2D eigenvalue weighted by Gasteiger charge is -2.36. The molecular weight excluding hydrogens is 182 g/mol. The second-order valence-electron chi connectivity index (χ2n) is 4.46. The van der Waals surface area contributed by atoms with Gasteiger partial charge in [-0.1, -0.05) is 6.92 Å². The number of hydrogen-bond acceptors (Lipinski definition) is 3. The number of hydrogen-bond donors (Lipinski definition) is 2. The van der Waals surface area contributed by atoms with E-state index in [1.165, 1.54) is 25.0 Å². The zero-order valence-electron chi connectivity index (χ0n) is 8.20. The van der Waals surface area contributed by atoms with Crippen molar-refractivity contribution in [2.75, 3.05) is 12.4 Å². The van der Waals surface area contributed by atoms with E-state index in [9.17, 15) is 0 Å². The van der Waals surface area contributed by atoms with Crippen molar-refractivity contribution in [2.45, 2.75) is 43.5 Å². The maximum atomic E-state index is 8.87. The van der Waals surface area contributed by atoms with Crippen LogP contribution in [0.1, 0.15) is 26.2 Å². The molecule has 2 N–H and O–H groups in total. The predicted octanol–water partition coefficient (Wildman–Crippen LogP) is 1.24. The lowest BCUT2D eigenvalue weighted by atomic mass is 9.80. The standard InChI is InChI=1S/C10H19NOS/c1-7-2-10(6-13-7)11-9-3-8(4-9)5-12/h7-12H,2-6H2,1H3. The fourth-order valence-electron chi connectivity index (χ4n) is 2.29. The largest absolute Gasteiger partial charge is 0.396 e. The zero-order valence-corrected chi connectivity index (χ0v) is 9.02. The van der Waals surface area contributed by atoms with Crippen LogP contribution < -0.4 is 5.32 Å². The Kier molecular flexibility index (Phi) is 3.17. The second-order valence-corrected chi connectivity index (χ2v) is 5.93. The molecule has 1 aliphatic carbocycles. The van der Waals surface area contributed by atoms with Gasteiger partial charge in [0.15, 0.2) is 0 Å².